The molecule has 0 aliphatic carbocycles. The van der Waals surface area contributed by atoms with Gasteiger partial charge >= 0.3 is 0 Å². The summed E-state index contributed by atoms with van der Waals surface area (Å²) in [6.45, 7) is 4.51. The highest BCUT2D eigenvalue weighted by Gasteiger charge is 2.04. The predicted molar refractivity (Wildman–Crippen MR) is 112 cm³/mol. The van der Waals surface area contributed by atoms with Gasteiger partial charge in [0.2, 0.25) is 0 Å². The SMILES string of the molecule is CCCCCCCCCC(=S)OC(=S)CCCCCCCCC. The van der Waals surface area contributed by atoms with E-state index in [0.717, 1.165) is 25.7 Å². The Balaban J connectivity index is 3.36. The van der Waals surface area contributed by atoms with Crippen LogP contribution in [0.5, 0.6) is 0 Å². The molecule has 0 radical (unpaired) electrons. The van der Waals surface area contributed by atoms with Crippen molar-refractivity contribution >= 4 is 34.5 Å². The maximum atomic E-state index is 5.60. The van der Waals surface area contributed by atoms with Crippen molar-refractivity contribution in [3.05, 3.63) is 0 Å². The summed E-state index contributed by atoms with van der Waals surface area (Å²) in [6, 6.07) is 0. The standard InChI is InChI=1S/C20H38OS2/c1-3-5-7-9-11-13-15-17-19(22)21-20(23)18-16-14-12-10-8-6-4-2/h3-18H2,1-2H3. The lowest BCUT2D eigenvalue weighted by Crippen LogP contribution is -2.08. The summed E-state index contributed by atoms with van der Waals surface area (Å²) in [5.41, 5.74) is 0. The maximum Gasteiger partial charge on any atom is 0.168 e. The first-order chi connectivity index (χ1) is 11.2. The first-order valence-electron chi connectivity index (χ1n) is 9.94. The van der Waals surface area contributed by atoms with Crippen LogP contribution in [0.25, 0.3) is 0 Å². The topological polar surface area (TPSA) is 9.23 Å². The fourth-order valence-corrected chi connectivity index (χ4v) is 3.22. The summed E-state index contributed by atoms with van der Waals surface area (Å²) < 4.78 is 5.60. The number of thiocarbonyl (C=S) groups is 2. The van der Waals surface area contributed by atoms with Crippen LogP contribution in [0.2, 0.25) is 0 Å². The van der Waals surface area contributed by atoms with Gasteiger partial charge in [0.1, 0.15) is 0 Å². The van der Waals surface area contributed by atoms with Gasteiger partial charge in [-0.05, 0) is 37.3 Å². The van der Waals surface area contributed by atoms with Gasteiger partial charge in [0.25, 0.3) is 0 Å². The van der Waals surface area contributed by atoms with Crippen LogP contribution >= 0.6 is 24.4 Å². The summed E-state index contributed by atoms with van der Waals surface area (Å²) in [7, 11) is 0. The average molecular weight is 359 g/mol. The van der Waals surface area contributed by atoms with Crippen LogP contribution in [-0.2, 0) is 4.74 Å². The van der Waals surface area contributed by atoms with Crippen molar-refractivity contribution in [2.24, 2.45) is 0 Å². The molecule has 0 aliphatic rings. The fraction of sp³-hybridized carbons (Fsp3) is 0.900. The Hall–Kier alpha value is -0.0200. The molecule has 23 heavy (non-hydrogen) atoms. The van der Waals surface area contributed by atoms with Gasteiger partial charge in [0, 0.05) is 12.8 Å². The summed E-state index contributed by atoms with van der Waals surface area (Å²) in [4.78, 5) is 0. The molecule has 0 saturated carbocycles. The highest BCUT2D eigenvalue weighted by atomic mass is 32.1. The molecule has 0 spiro atoms. The fourth-order valence-electron chi connectivity index (χ4n) is 2.68. The lowest BCUT2D eigenvalue weighted by Gasteiger charge is -2.08. The molecule has 1 nitrogen and oxygen atoms in total. The van der Waals surface area contributed by atoms with E-state index in [4.69, 9.17) is 29.2 Å². The second-order valence-corrected chi connectivity index (χ2v) is 7.50. The molecule has 0 aliphatic heterocycles. The first-order valence-corrected chi connectivity index (χ1v) is 10.8. The van der Waals surface area contributed by atoms with Crippen molar-refractivity contribution in [2.75, 3.05) is 0 Å². The lowest BCUT2D eigenvalue weighted by atomic mass is 10.1. The quantitative estimate of drug-likeness (QED) is 0.205. The van der Waals surface area contributed by atoms with E-state index in [0.29, 0.717) is 10.1 Å². The Bertz CT molecular complexity index is 261. The van der Waals surface area contributed by atoms with Crippen LogP contribution in [0, 0.1) is 0 Å². The molecule has 0 N–H and O–H groups in total. The zero-order chi connectivity index (χ0) is 17.2. The van der Waals surface area contributed by atoms with E-state index in [1.54, 1.807) is 0 Å². The van der Waals surface area contributed by atoms with Crippen LogP contribution < -0.4 is 0 Å². The third kappa shape index (κ3) is 18.2. The maximum absolute atomic E-state index is 5.60. The van der Waals surface area contributed by atoms with Crippen LogP contribution in [0.4, 0.5) is 0 Å². The number of rotatable bonds is 16. The Morgan fingerprint density at radius 2 is 0.826 bits per heavy atom. The molecule has 136 valence electrons. The van der Waals surface area contributed by atoms with Gasteiger partial charge < -0.3 is 4.74 Å². The molecule has 0 amide bonds. The highest BCUT2D eigenvalue weighted by Crippen LogP contribution is 2.12. The Morgan fingerprint density at radius 3 is 1.17 bits per heavy atom. The molecule has 0 unspecified atom stereocenters. The molecule has 0 saturated heterocycles. The van der Waals surface area contributed by atoms with E-state index < -0.39 is 0 Å². The molecule has 0 rings (SSSR count). The molecule has 0 aromatic carbocycles. The molecular weight excluding hydrogens is 320 g/mol. The molecule has 0 atom stereocenters. The van der Waals surface area contributed by atoms with Gasteiger partial charge in [-0.2, -0.15) is 0 Å². The minimum atomic E-state index is 0.700. The minimum absolute atomic E-state index is 0.700. The number of ether oxygens (including phenoxy) is 1. The van der Waals surface area contributed by atoms with Crippen LogP contribution in [0.3, 0.4) is 0 Å². The normalized spacial score (nSPS) is 10.7. The van der Waals surface area contributed by atoms with Gasteiger partial charge in [-0.3, -0.25) is 0 Å². The summed E-state index contributed by atoms with van der Waals surface area (Å²) in [6.07, 6.45) is 20.1. The molecule has 0 aromatic rings. The molecule has 0 bridgehead atoms. The Morgan fingerprint density at radius 1 is 0.522 bits per heavy atom. The van der Waals surface area contributed by atoms with Crippen molar-refractivity contribution in [1.82, 2.24) is 0 Å². The van der Waals surface area contributed by atoms with E-state index in [9.17, 15) is 0 Å². The molecule has 3 heteroatoms. The van der Waals surface area contributed by atoms with Gasteiger partial charge in [-0.25, -0.2) is 0 Å². The van der Waals surface area contributed by atoms with Crippen molar-refractivity contribution in [3.8, 4) is 0 Å². The highest BCUT2D eigenvalue weighted by molar-refractivity contribution is 7.81. The molecule has 0 aromatic heterocycles. The lowest BCUT2D eigenvalue weighted by molar-refractivity contribution is 0.513. The summed E-state index contributed by atoms with van der Waals surface area (Å²) >= 11 is 10.6. The van der Waals surface area contributed by atoms with E-state index in [2.05, 4.69) is 13.8 Å². The van der Waals surface area contributed by atoms with Crippen LogP contribution in [0.1, 0.15) is 117 Å². The van der Waals surface area contributed by atoms with Gasteiger partial charge in [0.15, 0.2) is 10.1 Å². The van der Waals surface area contributed by atoms with Crippen LogP contribution in [-0.4, -0.2) is 10.1 Å². The zero-order valence-corrected chi connectivity index (χ0v) is 17.2. The van der Waals surface area contributed by atoms with Crippen molar-refractivity contribution in [1.29, 1.82) is 0 Å². The van der Waals surface area contributed by atoms with Gasteiger partial charge in [-0.1, -0.05) is 90.9 Å². The second-order valence-electron chi connectivity index (χ2n) is 6.59. The van der Waals surface area contributed by atoms with E-state index >= 15 is 0 Å². The van der Waals surface area contributed by atoms with Gasteiger partial charge in [0.05, 0.1) is 0 Å². The zero-order valence-electron chi connectivity index (χ0n) is 15.5. The minimum Gasteiger partial charge on any atom is -0.443 e. The largest absolute Gasteiger partial charge is 0.443 e. The van der Waals surface area contributed by atoms with E-state index in [1.165, 1.54) is 77.0 Å². The number of hydrogen-bond donors (Lipinski definition) is 0. The van der Waals surface area contributed by atoms with Crippen molar-refractivity contribution in [3.63, 3.8) is 0 Å². The van der Waals surface area contributed by atoms with Crippen molar-refractivity contribution < 1.29 is 4.74 Å². The second kappa shape index (κ2) is 18.3. The smallest absolute Gasteiger partial charge is 0.168 e. The van der Waals surface area contributed by atoms with E-state index in [-0.39, 0.29) is 0 Å². The average Bonchev–Trinajstić information content (AvgIpc) is 2.53. The molecule has 0 heterocycles. The number of unbranched alkanes of at least 4 members (excludes halogenated alkanes) is 12. The molecule has 0 fully saturated rings. The predicted octanol–water partition coefficient (Wildman–Crippen LogP) is 7.94. The van der Waals surface area contributed by atoms with E-state index in [1.807, 2.05) is 0 Å². The van der Waals surface area contributed by atoms with Crippen molar-refractivity contribution in [2.45, 2.75) is 117 Å². The summed E-state index contributed by atoms with van der Waals surface area (Å²) in [5, 5.41) is 1.40. The Labute approximate surface area is 156 Å². The third-order valence-electron chi connectivity index (χ3n) is 4.20. The summed E-state index contributed by atoms with van der Waals surface area (Å²) in [5.74, 6) is 0. The Kier molecular flexibility index (Phi) is 18.3. The first kappa shape index (κ1) is 23.0. The monoisotopic (exact) mass is 358 g/mol. The third-order valence-corrected chi connectivity index (χ3v) is 4.77. The molecular formula is C20H38OS2. The van der Waals surface area contributed by atoms with Gasteiger partial charge in [-0.15, -0.1) is 0 Å². The number of hydrogen-bond acceptors (Lipinski definition) is 3. The van der Waals surface area contributed by atoms with Crippen LogP contribution in [0.15, 0.2) is 0 Å².